The van der Waals surface area contributed by atoms with Gasteiger partial charge in [0.25, 0.3) is 0 Å². The predicted octanol–water partition coefficient (Wildman–Crippen LogP) is 3.87. The van der Waals surface area contributed by atoms with Crippen molar-refractivity contribution in [1.82, 2.24) is 0 Å². The van der Waals surface area contributed by atoms with E-state index in [0.29, 0.717) is 16.1 Å². The van der Waals surface area contributed by atoms with Gasteiger partial charge in [-0.15, -0.1) is 0 Å². The number of hydrogen-bond donors (Lipinski definition) is 1. The molecule has 0 aliphatic heterocycles. The van der Waals surface area contributed by atoms with E-state index in [2.05, 4.69) is 0 Å². The first kappa shape index (κ1) is 10.9. The van der Waals surface area contributed by atoms with E-state index in [9.17, 15) is 8.78 Å². The summed E-state index contributed by atoms with van der Waals surface area (Å²) in [6, 6.07) is 9.16. The highest BCUT2D eigenvalue weighted by Gasteiger charge is 2.10. The van der Waals surface area contributed by atoms with E-state index in [1.165, 1.54) is 12.1 Å². The summed E-state index contributed by atoms with van der Waals surface area (Å²) in [5, 5.41) is 0.436. The third-order valence-electron chi connectivity index (χ3n) is 2.26. The number of anilines is 1. The van der Waals surface area contributed by atoms with Crippen LogP contribution in [-0.4, -0.2) is 0 Å². The first-order valence-corrected chi connectivity index (χ1v) is 4.97. The van der Waals surface area contributed by atoms with Crippen molar-refractivity contribution in [2.24, 2.45) is 0 Å². The Bertz CT molecular complexity index is 517. The molecule has 0 atom stereocenters. The molecule has 0 spiro atoms. The Labute approximate surface area is 96.5 Å². The van der Waals surface area contributed by atoms with Crippen LogP contribution >= 0.6 is 11.6 Å². The fraction of sp³-hybridized carbons (Fsp3) is 0. The van der Waals surface area contributed by atoms with E-state index in [1.807, 2.05) is 0 Å². The normalized spacial score (nSPS) is 10.4. The Kier molecular flexibility index (Phi) is 2.79. The summed E-state index contributed by atoms with van der Waals surface area (Å²) in [5.74, 6) is -1.56. The van der Waals surface area contributed by atoms with Crippen LogP contribution in [0.5, 0.6) is 0 Å². The van der Waals surface area contributed by atoms with Gasteiger partial charge in [0.2, 0.25) is 0 Å². The lowest BCUT2D eigenvalue weighted by Crippen LogP contribution is -1.96. The Morgan fingerprint density at radius 3 is 2.12 bits per heavy atom. The summed E-state index contributed by atoms with van der Waals surface area (Å²) in [5.41, 5.74) is 5.65. The maximum absolute atomic E-state index is 13.2. The summed E-state index contributed by atoms with van der Waals surface area (Å²) < 4.78 is 26.5. The molecule has 0 saturated carbocycles. The smallest absolute Gasteiger partial charge is 0.149 e. The number of benzene rings is 2. The number of rotatable bonds is 1. The van der Waals surface area contributed by atoms with E-state index in [4.69, 9.17) is 17.3 Å². The molecule has 0 heterocycles. The van der Waals surface area contributed by atoms with Crippen molar-refractivity contribution in [3.8, 4) is 11.1 Å². The molecular weight excluding hydrogens is 232 g/mol. The van der Waals surface area contributed by atoms with Crippen LogP contribution in [0.15, 0.2) is 36.4 Å². The second kappa shape index (κ2) is 4.10. The molecule has 2 aromatic rings. The molecule has 0 radical (unpaired) electrons. The number of nitrogens with two attached hydrogens (primary N) is 1. The Morgan fingerprint density at radius 1 is 1.00 bits per heavy atom. The molecule has 0 unspecified atom stereocenters. The average molecular weight is 240 g/mol. The molecule has 0 aliphatic carbocycles. The Morgan fingerprint density at radius 2 is 1.56 bits per heavy atom. The van der Waals surface area contributed by atoms with E-state index < -0.39 is 17.3 Å². The fourth-order valence-corrected chi connectivity index (χ4v) is 1.68. The van der Waals surface area contributed by atoms with Crippen molar-refractivity contribution >= 4 is 17.3 Å². The second-order valence-corrected chi connectivity index (χ2v) is 3.74. The standard InChI is InChI=1S/C12H8ClF2N/c13-9-4-2-1-3-8(9)7-5-10(14)12(16)11(15)6-7/h1-6H,16H2. The highest BCUT2D eigenvalue weighted by Crippen LogP contribution is 2.30. The van der Waals surface area contributed by atoms with Crippen molar-refractivity contribution in [3.63, 3.8) is 0 Å². The molecule has 0 aromatic heterocycles. The zero-order valence-corrected chi connectivity index (χ0v) is 8.93. The lowest BCUT2D eigenvalue weighted by Gasteiger charge is -2.06. The van der Waals surface area contributed by atoms with Gasteiger partial charge in [-0.2, -0.15) is 0 Å². The molecule has 0 aliphatic rings. The Balaban J connectivity index is 2.62. The van der Waals surface area contributed by atoms with Crippen LogP contribution < -0.4 is 5.73 Å². The highest BCUT2D eigenvalue weighted by atomic mass is 35.5. The quantitative estimate of drug-likeness (QED) is 0.751. The van der Waals surface area contributed by atoms with Crippen molar-refractivity contribution in [1.29, 1.82) is 0 Å². The SMILES string of the molecule is Nc1c(F)cc(-c2ccccc2Cl)cc1F. The van der Waals surface area contributed by atoms with Crippen molar-refractivity contribution in [2.75, 3.05) is 5.73 Å². The van der Waals surface area contributed by atoms with Gasteiger partial charge in [-0.05, 0) is 23.8 Å². The van der Waals surface area contributed by atoms with Gasteiger partial charge in [-0.3, -0.25) is 0 Å². The molecule has 2 rings (SSSR count). The van der Waals surface area contributed by atoms with Gasteiger partial charge >= 0.3 is 0 Å². The third-order valence-corrected chi connectivity index (χ3v) is 2.59. The van der Waals surface area contributed by atoms with Gasteiger partial charge in [0.15, 0.2) is 0 Å². The summed E-state index contributed by atoms with van der Waals surface area (Å²) in [6.07, 6.45) is 0. The molecule has 16 heavy (non-hydrogen) atoms. The molecule has 0 fully saturated rings. The first-order chi connectivity index (χ1) is 7.59. The van der Waals surface area contributed by atoms with Gasteiger partial charge in [0.1, 0.15) is 17.3 Å². The van der Waals surface area contributed by atoms with Gasteiger partial charge in [-0.1, -0.05) is 29.8 Å². The molecule has 0 bridgehead atoms. The van der Waals surface area contributed by atoms with Crippen LogP contribution in [0.2, 0.25) is 5.02 Å². The minimum atomic E-state index is -0.782. The van der Waals surface area contributed by atoms with Gasteiger partial charge in [0.05, 0.1) is 0 Å². The second-order valence-electron chi connectivity index (χ2n) is 3.33. The lowest BCUT2D eigenvalue weighted by atomic mass is 10.0. The van der Waals surface area contributed by atoms with Crippen LogP contribution in [0.1, 0.15) is 0 Å². The van der Waals surface area contributed by atoms with E-state index in [1.54, 1.807) is 24.3 Å². The summed E-state index contributed by atoms with van der Waals surface area (Å²) in [4.78, 5) is 0. The number of nitrogen functional groups attached to an aromatic ring is 1. The summed E-state index contributed by atoms with van der Waals surface area (Å²) >= 11 is 5.93. The maximum Gasteiger partial charge on any atom is 0.149 e. The van der Waals surface area contributed by atoms with Crippen LogP contribution in [0.4, 0.5) is 14.5 Å². The first-order valence-electron chi connectivity index (χ1n) is 4.59. The topological polar surface area (TPSA) is 26.0 Å². The minimum Gasteiger partial charge on any atom is -0.394 e. The van der Waals surface area contributed by atoms with Crippen LogP contribution in [0, 0.1) is 11.6 Å². The van der Waals surface area contributed by atoms with E-state index in [0.717, 1.165) is 0 Å². The molecule has 4 heteroatoms. The van der Waals surface area contributed by atoms with Gasteiger partial charge in [-0.25, -0.2) is 8.78 Å². The van der Waals surface area contributed by atoms with Crippen molar-refractivity contribution in [2.45, 2.75) is 0 Å². The van der Waals surface area contributed by atoms with Crippen molar-refractivity contribution in [3.05, 3.63) is 53.1 Å². The number of hydrogen-bond acceptors (Lipinski definition) is 1. The van der Waals surface area contributed by atoms with Crippen LogP contribution in [0.3, 0.4) is 0 Å². The van der Waals surface area contributed by atoms with Crippen LogP contribution in [-0.2, 0) is 0 Å². The zero-order valence-electron chi connectivity index (χ0n) is 8.18. The minimum absolute atomic E-state index is 0.370. The average Bonchev–Trinajstić information content (AvgIpc) is 2.26. The monoisotopic (exact) mass is 239 g/mol. The highest BCUT2D eigenvalue weighted by molar-refractivity contribution is 6.33. The maximum atomic E-state index is 13.2. The predicted molar refractivity (Wildman–Crippen MR) is 61.2 cm³/mol. The van der Waals surface area contributed by atoms with E-state index >= 15 is 0 Å². The fourth-order valence-electron chi connectivity index (χ4n) is 1.44. The molecule has 2 aromatic carbocycles. The third kappa shape index (κ3) is 1.86. The molecule has 82 valence electrons. The largest absolute Gasteiger partial charge is 0.394 e. The molecule has 0 amide bonds. The molecular formula is C12H8ClF2N. The van der Waals surface area contributed by atoms with Crippen LogP contribution in [0.25, 0.3) is 11.1 Å². The summed E-state index contributed by atoms with van der Waals surface area (Å²) in [7, 11) is 0. The molecule has 1 nitrogen and oxygen atoms in total. The summed E-state index contributed by atoms with van der Waals surface area (Å²) in [6.45, 7) is 0. The molecule has 2 N–H and O–H groups in total. The van der Waals surface area contributed by atoms with Gasteiger partial charge in [0, 0.05) is 10.6 Å². The lowest BCUT2D eigenvalue weighted by molar-refractivity contribution is 0.592. The van der Waals surface area contributed by atoms with Crippen molar-refractivity contribution < 1.29 is 8.78 Å². The zero-order chi connectivity index (χ0) is 11.7. The Hall–Kier alpha value is -1.61. The van der Waals surface area contributed by atoms with E-state index in [-0.39, 0.29) is 0 Å². The number of halogens is 3. The van der Waals surface area contributed by atoms with Gasteiger partial charge < -0.3 is 5.73 Å². The molecule has 0 saturated heterocycles.